The van der Waals surface area contributed by atoms with Gasteiger partial charge in [0, 0.05) is 25.7 Å². The predicted molar refractivity (Wildman–Crippen MR) is 91.4 cm³/mol. The third kappa shape index (κ3) is 2.71. The van der Waals surface area contributed by atoms with E-state index >= 15 is 0 Å². The van der Waals surface area contributed by atoms with Gasteiger partial charge in [0.15, 0.2) is 6.10 Å². The summed E-state index contributed by atoms with van der Waals surface area (Å²) in [5, 5.41) is 2.71. The monoisotopic (exact) mass is 322 g/mol. The van der Waals surface area contributed by atoms with Gasteiger partial charge in [-0.15, -0.1) is 0 Å². The maximum absolute atomic E-state index is 12.2. The van der Waals surface area contributed by atoms with Crippen molar-refractivity contribution in [1.82, 2.24) is 9.88 Å². The van der Waals surface area contributed by atoms with Gasteiger partial charge in [0.2, 0.25) is 0 Å². The van der Waals surface area contributed by atoms with Crippen molar-refractivity contribution >= 4 is 23.4 Å². The largest absolute Gasteiger partial charge is 0.438 e. The number of carbonyl (C=O) groups excluding carboxylic acids is 1. The summed E-state index contributed by atoms with van der Waals surface area (Å²) in [7, 11) is 0. The Labute approximate surface area is 140 Å². The molecule has 1 atom stereocenters. The van der Waals surface area contributed by atoms with E-state index in [1.165, 1.54) is 5.56 Å². The Kier molecular flexibility index (Phi) is 3.65. The molecule has 0 spiro atoms. The van der Waals surface area contributed by atoms with Crippen LogP contribution in [0.1, 0.15) is 17.5 Å². The van der Waals surface area contributed by atoms with E-state index in [1.807, 2.05) is 37.3 Å². The summed E-state index contributed by atoms with van der Waals surface area (Å²) in [6.45, 7) is 3.55. The summed E-state index contributed by atoms with van der Waals surface area (Å²) in [4.78, 5) is 23.2. The number of aromatic nitrogens is 1. The molecule has 1 amide bonds. The molecule has 4 rings (SSSR count). The first kappa shape index (κ1) is 14.7. The van der Waals surface area contributed by atoms with Crippen molar-refractivity contribution in [2.24, 2.45) is 4.99 Å². The van der Waals surface area contributed by atoms with E-state index in [2.05, 4.69) is 26.3 Å². The first-order valence-electron chi connectivity index (χ1n) is 8.01. The van der Waals surface area contributed by atoms with Crippen LogP contribution in [0.2, 0.25) is 0 Å². The number of para-hydroxylation sites is 1. The van der Waals surface area contributed by atoms with Crippen molar-refractivity contribution in [3.63, 3.8) is 0 Å². The normalized spacial score (nSPS) is 18.5. The summed E-state index contributed by atoms with van der Waals surface area (Å²) in [5.41, 5.74) is 3.06. The molecule has 3 heterocycles. The molecular formula is C18H18N4O2. The summed E-state index contributed by atoms with van der Waals surface area (Å²) < 4.78 is 5.59. The van der Waals surface area contributed by atoms with Gasteiger partial charge >= 0.3 is 6.09 Å². The number of aryl methyl sites for hydroxylation is 1. The highest BCUT2D eigenvalue weighted by atomic mass is 16.6. The Morgan fingerprint density at radius 2 is 2.17 bits per heavy atom. The second kappa shape index (κ2) is 5.96. The number of hydrogen-bond donors (Lipinski definition) is 1. The highest BCUT2D eigenvalue weighted by Crippen LogP contribution is 2.31. The molecule has 122 valence electrons. The molecule has 1 N–H and O–H groups in total. The van der Waals surface area contributed by atoms with Crippen molar-refractivity contribution in [3.05, 3.63) is 53.7 Å². The first-order valence-corrected chi connectivity index (χ1v) is 8.01. The zero-order valence-electron chi connectivity index (χ0n) is 13.4. The second-order valence-corrected chi connectivity index (χ2v) is 6.00. The number of fused-ring (bicyclic) bond motifs is 2. The van der Waals surface area contributed by atoms with E-state index in [0.29, 0.717) is 5.82 Å². The summed E-state index contributed by atoms with van der Waals surface area (Å²) in [6.07, 6.45) is 1.58. The summed E-state index contributed by atoms with van der Waals surface area (Å²) in [6, 6.07) is 11.8. The fourth-order valence-corrected chi connectivity index (χ4v) is 3.09. The van der Waals surface area contributed by atoms with Gasteiger partial charge in [-0.25, -0.2) is 14.8 Å². The minimum atomic E-state index is -0.495. The number of nitrogens with one attached hydrogen (secondary N) is 1. The zero-order chi connectivity index (χ0) is 16.5. The number of carbonyl (C=O) groups is 1. The van der Waals surface area contributed by atoms with Gasteiger partial charge in [0.25, 0.3) is 0 Å². The van der Waals surface area contributed by atoms with Gasteiger partial charge in [-0.05, 0) is 30.2 Å². The van der Waals surface area contributed by atoms with Crippen LogP contribution in [0.4, 0.5) is 16.3 Å². The fraction of sp³-hybridized carbons (Fsp3) is 0.278. The lowest BCUT2D eigenvalue weighted by molar-refractivity contribution is 0.143. The number of rotatable bonds is 2. The van der Waals surface area contributed by atoms with Crippen LogP contribution in [0.5, 0.6) is 0 Å². The number of hydrogen-bond acceptors (Lipinski definition) is 5. The Balaban J connectivity index is 1.49. The van der Waals surface area contributed by atoms with Gasteiger partial charge in [0.05, 0.1) is 5.69 Å². The topological polar surface area (TPSA) is 66.8 Å². The Bertz CT molecular complexity index is 818. The van der Waals surface area contributed by atoms with Crippen LogP contribution in [0.3, 0.4) is 0 Å². The lowest BCUT2D eigenvalue weighted by Crippen LogP contribution is -2.34. The number of amides is 1. The molecule has 0 saturated carbocycles. The fourth-order valence-electron chi connectivity index (χ4n) is 3.09. The van der Waals surface area contributed by atoms with E-state index < -0.39 is 6.09 Å². The van der Waals surface area contributed by atoms with E-state index in [0.717, 1.165) is 36.6 Å². The second-order valence-electron chi connectivity index (χ2n) is 6.00. The van der Waals surface area contributed by atoms with Crippen molar-refractivity contribution in [2.75, 3.05) is 11.9 Å². The third-order valence-electron chi connectivity index (χ3n) is 4.34. The van der Waals surface area contributed by atoms with Crippen LogP contribution < -0.4 is 5.32 Å². The van der Waals surface area contributed by atoms with Crippen LogP contribution in [-0.2, 0) is 11.3 Å². The smallest absolute Gasteiger partial charge is 0.413 e. The third-order valence-corrected chi connectivity index (χ3v) is 4.34. The van der Waals surface area contributed by atoms with Crippen LogP contribution in [-0.4, -0.2) is 34.5 Å². The lowest BCUT2D eigenvalue weighted by Gasteiger charge is -2.26. The average molecular weight is 322 g/mol. The first-order chi connectivity index (χ1) is 11.7. The van der Waals surface area contributed by atoms with E-state index in [9.17, 15) is 4.79 Å². The highest BCUT2D eigenvalue weighted by molar-refractivity contribution is 5.95. The molecule has 1 fully saturated rings. The number of amidine groups is 1. The SMILES string of the molecule is Cc1cccnc1NC(=O)O[C@@H]1CCN2Cc3ccccc3N=C12. The van der Waals surface area contributed by atoms with Crippen molar-refractivity contribution in [3.8, 4) is 0 Å². The number of aliphatic imine (C=N–C) groups is 1. The lowest BCUT2D eigenvalue weighted by atomic mass is 10.1. The number of ether oxygens (including phenoxy) is 1. The molecule has 2 aliphatic rings. The highest BCUT2D eigenvalue weighted by Gasteiger charge is 2.35. The molecule has 1 aromatic carbocycles. The van der Waals surface area contributed by atoms with Crippen LogP contribution in [0.25, 0.3) is 0 Å². The number of benzene rings is 1. The quantitative estimate of drug-likeness (QED) is 0.921. The summed E-state index contributed by atoms with van der Waals surface area (Å²) >= 11 is 0. The molecule has 0 bridgehead atoms. The Morgan fingerprint density at radius 3 is 3.04 bits per heavy atom. The number of pyridine rings is 1. The van der Waals surface area contributed by atoms with Crippen molar-refractivity contribution < 1.29 is 9.53 Å². The average Bonchev–Trinajstić information content (AvgIpc) is 2.97. The van der Waals surface area contributed by atoms with E-state index in [1.54, 1.807) is 6.20 Å². The maximum Gasteiger partial charge on any atom is 0.413 e. The maximum atomic E-state index is 12.2. The van der Waals surface area contributed by atoms with Crippen molar-refractivity contribution in [2.45, 2.75) is 26.0 Å². The van der Waals surface area contributed by atoms with Crippen LogP contribution in [0.15, 0.2) is 47.6 Å². The molecule has 2 aliphatic heterocycles. The molecular weight excluding hydrogens is 304 g/mol. The molecule has 24 heavy (non-hydrogen) atoms. The molecule has 0 aliphatic carbocycles. The van der Waals surface area contributed by atoms with Crippen LogP contribution in [0, 0.1) is 6.92 Å². The van der Waals surface area contributed by atoms with Crippen LogP contribution >= 0.6 is 0 Å². The van der Waals surface area contributed by atoms with Gasteiger partial charge in [-0.2, -0.15) is 0 Å². The minimum Gasteiger partial charge on any atom is -0.438 e. The molecule has 6 heteroatoms. The van der Waals surface area contributed by atoms with Crippen molar-refractivity contribution in [1.29, 1.82) is 0 Å². The molecule has 0 radical (unpaired) electrons. The van der Waals surface area contributed by atoms with Gasteiger partial charge in [-0.3, -0.25) is 5.32 Å². The standard InChI is InChI=1S/C18H18N4O2/c1-12-5-4-9-19-16(12)21-18(23)24-15-8-10-22-11-13-6-2-3-7-14(13)20-17(15)22/h2-7,9,15H,8,10-11H2,1H3,(H,19,21,23)/t15-/m1/s1. The number of nitrogens with zero attached hydrogens (tertiary/aromatic N) is 3. The van der Waals surface area contributed by atoms with Gasteiger partial charge in [-0.1, -0.05) is 24.3 Å². The summed E-state index contributed by atoms with van der Waals surface area (Å²) in [5.74, 6) is 1.36. The number of anilines is 1. The molecule has 2 aromatic rings. The molecule has 6 nitrogen and oxygen atoms in total. The van der Waals surface area contributed by atoms with Gasteiger partial charge in [0.1, 0.15) is 11.7 Å². The Morgan fingerprint density at radius 1 is 1.29 bits per heavy atom. The minimum absolute atomic E-state index is 0.317. The van der Waals surface area contributed by atoms with Gasteiger partial charge < -0.3 is 9.64 Å². The van der Waals surface area contributed by atoms with E-state index in [-0.39, 0.29) is 6.10 Å². The zero-order valence-corrected chi connectivity index (χ0v) is 13.4. The molecule has 0 unspecified atom stereocenters. The molecule has 1 aromatic heterocycles. The molecule has 1 saturated heterocycles. The predicted octanol–water partition coefficient (Wildman–Crippen LogP) is 3.26. The Hall–Kier alpha value is -2.89. The van der Waals surface area contributed by atoms with E-state index in [4.69, 9.17) is 4.74 Å².